The SMILES string of the molecule is CC(C)c1cccc(C(C)C)c1-c1cc(-c2[c-]ccc3c2oc2c4ccccc4ccc32)ncn1.C[Si](C)(C)c1ccnc(-c2[c-]cccc2)n1.[Ir]. The minimum Gasteiger partial charge on any atom is -0.500 e. The molecule has 0 aliphatic carbocycles. The van der Waals surface area contributed by atoms with Crippen molar-refractivity contribution < 1.29 is 24.5 Å². The molecule has 0 amide bonds. The summed E-state index contributed by atoms with van der Waals surface area (Å²) in [6.07, 6.45) is 3.51. The van der Waals surface area contributed by atoms with Gasteiger partial charge in [-0.15, -0.1) is 54.1 Å². The first-order valence-electron chi connectivity index (χ1n) is 17.6. The van der Waals surface area contributed by atoms with Crippen LogP contribution in [-0.2, 0) is 20.1 Å². The van der Waals surface area contributed by atoms with Gasteiger partial charge in [0.15, 0.2) is 0 Å². The van der Waals surface area contributed by atoms with Crippen molar-refractivity contribution in [2.45, 2.75) is 59.2 Å². The second kappa shape index (κ2) is 15.4. The van der Waals surface area contributed by atoms with Crippen LogP contribution in [0.15, 0.2) is 120 Å². The molecular weight excluding hydrogens is 833 g/mol. The number of aromatic nitrogens is 4. The van der Waals surface area contributed by atoms with E-state index in [2.05, 4.69) is 141 Å². The predicted octanol–water partition coefficient (Wildman–Crippen LogP) is 11.4. The number of benzene rings is 5. The Bertz CT molecular complexity index is 2460. The molecule has 0 fully saturated rings. The summed E-state index contributed by atoms with van der Waals surface area (Å²) in [5, 5.41) is 5.65. The normalized spacial score (nSPS) is 11.6. The zero-order valence-corrected chi connectivity index (χ0v) is 34.0. The molecule has 0 aliphatic heterocycles. The summed E-state index contributed by atoms with van der Waals surface area (Å²) >= 11 is 0. The minimum absolute atomic E-state index is 0. The maximum atomic E-state index is 6.53. The first-order chi connectivity index (χ1) is 24.6. The third-order valence-electron chi connectivity index (χ3n) is 9.25. The Morgan fingerprint density at radius 2 is 1.35 bits per heavy atom. The summed E-state index contributed by atoms with van der Waals surface area (Å²) in [7, 11) is -1.36. The van der Waals surface area contributed by atoms with E-state index in [-0.39, 0.29) is 20.1 Å². The molecule has 1 radical (unpaired) electrons. The van der Waals surface area contributed by atoms with E-state index in [1.807, 2.05) is 42.6 Å². The van der Waals surface area contributed by atoms with Crippen molar-refractivity contribution in [1.82, 2.24) is 19.9 Å². The number of fused-ring (bicyclic) bond motifs is 5. The minimum atomic E-state index is -1.36. The largest absolute Gasteiger partial charge is 0.500 e. The molecule has 0 saturated carbocycles. The van der Waals surface area contributed by atoms with Gasteiger partial charge in [-0.2, -0.15) is 0 Å². The monoisotopic (exact) mass is 875 g/mol. The van der Waals surface area contributed by atoms with Crippen LogP contribution < -0.4 is 5.32 Å². The van der Waals surface area contributed by atoms with Crippen molar-refractivity contribution in [2.24, 2.45) is 0 Å². The Hall–Kier alpha value is -4.81. The van der Waals surface area contributed by atoms with Crippen LogP contribution >= 0.6 is 0 Å². The number of nitrogens with zero attached hydrogens (tertiary/aromatic N) is 4. The summed E-state index contributed by atoms with van der Waals surface area (Å²) in [4.78, 5) is 18.3. The second-order valence-electron chi connectivity index (χ2n) is 14.6. The van der Waals surface area contributed by atoms with Gasteiger partial charge in [0.25, 0.3) is 0 Å². The summed E-state index contributed by atoms with van der Waals surface area (Å²) in [6, 6.07) is 41.7. The third kappa shape index (κ3) is 7.40. The Morgan fingerprint density at radius 3 is 2.06 bits per heavy atom. The molecular formula is C45H42IrN4OSi-2. The molecule has 52 heavy (non-hydrogen) atoms. The zero-order chi connectivity index (χ0) is 35.7. The van der Waals surface area contributed by atoms with Crippen molar-refractivity contribution in [1.29, 1.82) is 0 Å². The van der Waals surface area contributed by atoms with E-state index in [0.29, 0.717) is 11.8 Å². The van der Waals surface area contributed by atoms with Crippen LogP contribution in [-0.4, -0.2) is 28.0 Å². The van der Waals surface area contributed by atoms with Crippen molar-refractivity contribution in [3.63, 3.8) is 0 Å². The van der Waals surface area contributed by atoms with Crippen LogP contribution in [0.2, 0.25) is 19.6 Å². The van der Waals surface area contributed by atoms with E-state index in [9.17, 15) is 0 Å². The standard InChI is InChI=1S/C32H27N2O.C13H15N2Si.Ir/c1-19(2)22-11-7-12-23(20(3)4)30(22)29-17-28(33-18-34-29)27-14-8-13-25-26-16-15-21-9-5-6-10-24(21)31(26)35-32(25)27;1-16(2,3)12-9-10-14-13(15-12)11-7-5-4-6-8-11;/h5-13,15-20H,1-4H3;4-7,9-10H,1-3H3;/q2*-1;. The molecule has 3 aromatic heterocycles. The average Bonchev–Trinajstić information content (AvgIpc) is 3.54. The number of hydrogen-bond acceptors (Lipinski definition) is 5. The number of rotatable bonds is 6. The van der Waals surface area contributed by atoms with Gasteiger partial charge in [-0.05, 0) is 40.1 Å². The van der Waals surface area contributed by atoms with E-state index < -0.39 is 8.07 Å². The molecule has 7 heteroatoms. The van der Waals surface area contributed by atoms with Gasteiger partial charge >= 0.3 is 0 Å². The van der Waals surface area contributed by atoms with Crippen molar-refractivity contribution in [2.75, 3.05) is 0 Å². The topological polar surface area (TPSA) is 64.7 Å². The fourth-order valence-corrected chi connectivity index (χ4v) is 7.59. The van der Waals surface area contributed by atoms with Crippen LogP contribution in [0.5, 0.6) is 0 Å². The van der Waals surface area contributed by atoms with Crippen LogP contribution in [0.4, 0.5) is 0 Å². The molecule has 0 saturated heterocycles. The first-order valence-corrected chi connectivity index (χ1v) is 21.1. The quantitative estimate of drug-likeness (QED) is 0.123. The Balaban J connectivity index is 0.000000230. The van der Waals surface area contributed by atoms with Gasteiger partial charge in [-0.1, -0.05) is 119 Å². The van der Waals surface area contributed by atoms with E-state index in [1.54, 1.807) is 6.33 Å². The number of furan rings is 1. The van der Waals surface area contributed by atoms with Crippen LogP contribution in [0.25, 0.3) is 66.6 Å². The fourth-order valence-electron chi connectivity index (χ4n) is 6.58. The molecule has 0 atom stereocenters. The van der Waals surface area contributed by atoms with Gasteiger partial charge in [0.05, 0.1) is 17.1 Å². The smallest absolute Gasteiger partial charge is 0.128 e. The molecule has 5 nitrogen and oxygen atoms in total. The van der Waals surface area contributed by atoms with Crippen molar-refractivity contribution >= 4 is 46.1 Å². The third-order valence-corrected chi connectivity index (χ3v) is 11.1. The van der Waals surface area contributed by atoms with Gasteiger partial charge in [0, 0.05) is 48.0 Å². The van der Waals surface area contributed by atoms with E-state index >= 15 is 0 Å². The van der Waals surface area contributed by atoms with Crippen LogP contribution in [0.1, 0.15) is 50.7 Å². The van der Waals surface area contributed by atoms with Gasteiger partial charge in [-0.25, -0.2) is 4.98 Å². The van der Waals surface area contributed by atoms with Crippen LogP contribution in [0.3, 0.4) is 0 Å². The molecule has 8 aromatic rings. The van der Waals surface area contributed by atoms with Crippen LogP contribution in [0, 0.1) is 12.1 Å². The molecule has 0 N–H and O–H groups in total. The van der Waals surface area contributed by atoms with Gasteiger partial charge < -0.3 is 4.42 Å². The summed E-state index contributed by atoms with van der Waals surface area (Å²) in [5.74, 6) is 1.56. The molecule has 0 bridgehead atoms. The van der Waals surface area contributed by atoms with E-state index in [0.717, 1.165) is 55.7 Å². The molecule has 0 spiro atoms. The van der Waals surface area contributed by atoms with E-state index in [1.165, 1.54) is 27.4 Å². The molecule has 0 aliphatic rings. The van der Waals surface area contributed by atoms with Gasteiger partial charge in [0.2, 0.25) is 0 Å². The first kappa shape index (κ1) is 37.0. The zero-order valence-electron chi connectivity index (χ0n) is 30.7. The predicted molar refractivity (Wildman–Crippen MR) is 214 cm³/mol. The Labute approximate surface area is 321 Å². The summed E-state index contributed by atoms with van der Waals surface area (Å²) in [6.45, 7) is 15.8. The Morgan fingerprint density at radius 1 is 0.635 bits per heavy atom. The second-order valence-corrected chi connectivity index (χ2v) is 19.6. The maximum absolute atomic E-state index is 6.53. The molecule has 3 heterocycles. The molecule has 263 valence electrons. The summed E-state index contributed by atoms with van der Waals surface area (Å²) < 4.78 is 6.53. The van der Waals surface area contributed by atoms with Crippen molar-refractivity contribution in [3.8, 4) is 33.9 Å². The average molecular weight is 875 g/mol. The molecule has 0 unspecified atom stereocenters. The number of hydrogen-bond donors (Lipinski definition) is 0. The molecule has 8 rings (SSSR count). The van der Waals surface area contributed by atoms with Crippen molar-refractivity contribution in [3.05, 3.63) is 139 Å². The molecule has 5 aromatic carbocycles. The van der Waals surface area contributed by atoms with Gasteiger partial charge in [0.1, 0.15) is 20.0 Å². The maximum Gasteiger partial charge on any atom is 0.128 e. The van der Waals surface area contributed by atoms with E-state index in [4.69, 9.17) is 9.40 Å². The summed E-state index contributed by atoms with van der Waals surface area (Å²) in [5.41, 5.74) is 9.11. The Kier molecular flexibility index (Phi) is 11.0. The van der Waals surface area contributed by atoms with Gasteiger partial charge in [-0.3, -0.25) is 15.0 Å². The fraction of sp³-hybridized carbons (Fsp3) is 0.200.